The number of ether oxygens (including phenoxy) is 2. The largest absolute Gasteiger partial charge is 0.480 e. The molecular formula is C39H40F3N7O8S. The summed E-state index contributed by atoms with van der Waals surface area (Å²) in [6.45, 7) is 2.19. The van der Waals surface area contributed by atoms with Gasteiger partial charge in [0.2, 0.25) is 23.5 Å². The van der Waals surface area contributed by atoms with Gasteiger partial charge < -0.3 is 29.5 Å². The first-order chi connectivity index (χ1) is 27.9. The summed E-state index contributed by atoms with van der Waals surface area (Å²) in [7, 11) is 0. The molecule has 3 atom stereocenters. The van der Waals surface area contributed by atoms with Gasteiger partial charge in [0.15, 0.2) is 23.3 Å². The maximum Gasteiger partial charge on any atom is 0.262 e. The molecule has 0 saturated carbocycles. The van der Waals surface area contributed by atoms with Crippen LogP contribution in [0.15, 0.2) is 29.6 Å². The van der Waals surface area contributed by atoms with Gasteiger partial charge in [0.1, 0.15) is 11.9 Å². The lowest BCUT2D eigenvalue weighted by Gasteiger charge is -2.36. The van der Waals surface area contributed by atoms with Crippen molar-refractivity contribution in [2.45, 2.75) is 63.2 Å². The summed E-state index contributed by atoms with van der Waals surface area (Å²) in [4.78, 5) is 86.7. The Labute approximate surface area is 334 Å². The quantitative estimate of drug-likeness (QED) is 0.203. The van der Waals surface area contributed by atoms with Crippen LogP contribution < -0.4 is 25.2 Å². The van der Waals surface area contributed by atoms with Crippen LogP contribution in [0.4, 0.5) is 24.0 Å². The molecule has 6 amide bonds. The number of unbranched alkanes of at least 4 members (excludes halogenated alkanes) is 1. The summed E-state index contributed by atoms with van der Waals surface area (Å²) < 4.78 is 55.9. The highest BCUT2D eigenvalue weighted by Gasteiger charge is 2.45. The Morgan fingerprint density at radius 1 is 0.897 bits per heavy atom. The topological polar surface area (TPSA) is 171 Å². The number of fused-ring (bicyclic) bond motifs is 3. The number of aromatic nitrogens is 1. The monoisotopic (exact) mass is 823 g/mol. The third-order valence-electron chi connectivity index (χ3n) is 11.1. The highest BCUT2D eigenvalue weighted by atomic mass is 32.1. The smallest absolute Gasteiger partial charge is 0.262 e. The molecule has 3 aromatic rings. The highest BCUT2D eigenvalue weighted by molar-refractivity contribution is 7.14. The Morgan fingerprint density at radius 2 is 1.62 bits per heavy atom. The molecule has 0 radical (unpaired) electrons. The number of carbonyl (C=O) groups excluding carboxylic acids is 6. The summed E-state index contributed by atoms with van der Waals surface area (Å²) in [5.74, 6) is -6.91. The van der Waals surface area contributed by atoms with Crippen LogP contribution >= 0.6 is 11.3 Å². The van der Waals surface area contributed by atoms with Gasteiger partial charge in [-0.05, 0) is 56.4 Å². The molecule has 2 aromatic carbocycles. The van der Waals surface area contributed by atoms with E-state index in [0.29, 0.717) is 31.6 Å². The van der Waals surface area contributed by atoms with Crippen LogP contribution in [0.2, 0.25) is 0 Å². The first-order valence-corrected chi connectivity index (χ1v) is 20.1. The van der Waals surface area contributed by atoms with Gasteiger partial charge in [-0.25, -0.2) is 13.8 Å². The Balaban J connectivity index is 0.773. The molecule has 4 saturated heterocycles. The molecule has 5 aliphatic rings. The van der Waals surface area contributed by atoms with Gasteiger partial charge >= 0.3 is 0 Å². The van der Waals surface area contributed by atoms with E-state index in [0.717, 1.165) is 35.0 Å². The molecular weight excluding hydrogens is 784 g/mol. The van der Waals surface area contributed by atoms with Crippen molar-refractivity contribution < 1.29 is 51.4 Å². The molecule has 3 unspecified atom stereocenters. The van der Waals surface area contributed by atoms with E-state index in [-0.39, 0.29) is 92.5 Å². The standard InChI is InChI=1S/C39H40F3N7O8S/c40-26-7-6-23(28-20-58-39(44-28)48-17-21-4-5-22(18-48)57-21)35(34(26)42)56-19-32(51)43-10-2-1-3-33(52)47-13-11-46(12-14-47)30-16-25-24(15-27(30)41)37(54)49(38(25)55)29-8-9-31(50)45-36(29)53/h6-7,15-16,20-22,29H,1-5,8-14,17-19H2,(H,43,51)(H,45,50,53). The average Bonchev–Trinajstić information content (AvgIpc) is 3.90. The van der Waals surface area contributed by atoms with E-state index in [9.17, 15) is 37.5 Å². The lowest BCUT2D eigenvalue weighted by molar-refractivity contribution is -0.136. The minimum atomic E-state index is -1.22. The van der Waals surface area contributed by atoms with Crippen LogP contribution in [-0.4, -0.2) is 121 Å². The number of rotatable bonds is 12. The van der Waals surface area contributed by atoms with E-state index >= 15 is 4.39 Å². The van der Waals surface area contributed by atoms with Gasteiger partial charge in [0, 0.05) is 69.6 Å². The molecule has 2 N–H and O–H groups in total. The number of anilines is 2. The zero-order valence-electron chi connectivity index (χ0n) is 31.3. The number of amides is 6. The maximum absolute atomic E-state index is 15.3. The van der Waals surface area contributed by atoms with Crippen molar-refractivity contribution in [2.24, 2.45) is 0 Å². The molecule has 6 heterocycles. The number of imide groups is 2. The summed E-state index contributed by atoms with van der Waals surface area (Å²) >= 11 is 1.39. The second-order valence-electron chi connectivity index (χ2n) is 14.9. The number of hydrogen-bond acceptors (Lipinski definition) is 12. The van der Waals surface area contributed by atoms with Crippen molar-refractivity contribution in [3.05, 3.63) is 58.2 Å². The second-order valence-corrected chi connectivity index (χ2v) is 15.7. The van der Waals surface area contributed by atoms with E-state index in [1.54, 1.807) is 15.2 Å². The average molecular weight is 824 g/mol. The van der Waals surface area contributed by atoms with Crippen LogP contribution in [0.1, 0.15) is 65.7 Å². The van der Waals surface area contributed by atoms with E-state index in [4.69, 9.17) is 9.47 Å². The van der Waals surface area contributed by atoms with E-state index in [1.165, 1.54) is 23.5 Å². The minimum Gasteiger partial charge on any atom is -0.480 e. The number of piperidine rings is 1. The van der Waals surface area contributed by atoms with Gasteiger partial charge in [0.05, 0.1) is 34.7 Å². The van der Waals surface area contributed by atoms with Crippen molar-refractivity contribution in [2.75, 3.05) is 62.2 Å². The number of morpholine rings is 1. The highest BCUT2D eigenvalue weighted by Crippen LogP contribution is 2.38. The number of piperazine rings is 1. The molecule has 58 heavy (non-hydrogen) atoms. The lowest BCUT2D eigenvalue weighted by atomic mass is 10.0. The number of benzene rings is 2. The van der Waals surface area contributed by atoms with Gasteiger partial charge in [-0.2, -0.15) is 4.39 Å². The number of hydrogen-bond donors (Lipinski definition) is 2. The number of nitrogens with zero attached hydrogens (tertiary/aromatic N) is 5. The Bertz CT molecular complexity index is 2170. The first kappa shape index (κ1) is 39.3. The number of nitrogens with one attached hydrogen (secondary N) is 2. The van der Waals surface area contributed by atoms with Crippen LogP contribution in [0.3, 0.4) is 0 Å². The van der Waals surface area contributed by atoms with Crippen LogP contribution in [0.5, 0.6) is 5.75 Å². The van der Waals surface area contributed by atoms with Crippen molar-refractivity contribution >= 4 is 57.6 Å². The van der Waals surface area contributed by atoms with Gasteiger partial charge in [-0.1, -0.05) is 0 Å². The molecule has 1 aromatic heterocycles. The van der Waals surface area contributed by atoms with Crippen LogP contribution in [0, 0.1) is 17.5 Å². The summed E-state index contributed by atoms with van der Waals surface area (Å²) in [6, 6.07) is 3.49. The molecule has 5 aliphatic heterocycles. The Kier molecular flexibility index (Phi) is 11.1. The fourth-order valence-corrected chi connectivity index (χ4v) is 8.92. The van der Waals surface area contributed by atoms with Crippen LogP contribution in [0.25, 0.3) is 11.3 Å². The fraction of sp³-hybridized carbons (Fsp3) is 0.462. The molecule has 306 valence electrons. The van der Waals surface area contributed by atoms with Gasteiger partial charge in [-0.3, -0.25) is 39.0 Å². The molecule has 0 aliphatic carbocycles. The third kappa shape index (κ3) is 7.84. The zero-order chi connectivity index (χ0) is 40.7. The molecule has 0 spiro atoms. The maximum atomic E-state index is 15.3. The van der Waals surface area contributed by atoms with Crippen molar-refractivity contribution in [1.29, 1.82) is 0 Å². The van der Waals surface area contributed by atoms with E-state index in [1.807, 2.05) is 0 Å². The van der Waals surface area contributed by atoms with E-state index < -0.39 is 65.4 Å². The van der Waals surface area contributed by atoms with Crippen molar-refractivity contribution in [1.82, 2.24) is 25.4 Å². The van der Waals surface area contributed by atoms with Crippen molar-refractivity contribution in [3.63, 3.8) is 0 Å². The van der Waals surface area contributed by atoms with Crippen molar-refractivity contribution in [3.8, 4) is 17.0 Å². The molecule has 19 heteroatoms. The molecule has 2 bridgehead atoms. The van der Waals surface area contributed by atoms with Gasteiger partial charge in [-0.15, -0.1) is 11.3 Å². The van der Waals surface area contributed by atoms with E-state index in [2.05, 4.69) is 20.5 Å². The van der Waals surface area contributed by atoms with Gasteiger partial charge in [0.25, 0.3) is 17.7 Å². The lowest BCUT2D eigenvalue weighted by Crippen LogP contribution is -2.54. The Morgan fingerprint density at radius 3 is 2.34 bits per heavy atom. The fourth-order valence-electron chi connectivity index (χ4n) is 8.07. The second kappa shape index (κ2) is 16.4. The Hall–Kier alpha value is -5.56. The number of thiazole rings is 1. The molecule has 8 rings (SSSR count). The summed E-state index contributed by atoms with van der Waals surface area (Å²) in [6.07, 6.45) is 3.38. The first-order valence-electron chi connectivity index (χ1n) is 19.3. The normalized spacial score (nSPS) is 21.7. The predicted octanol–water partition coefficient (Wildman–Crippen LogP) is 3.01. The minimum absolute atomic E-state index is 0.0151. The molecule has 15 nitrogen and oxygen atoms in total. The predicted molar refractivity (Wildman–Crippen MR) is 202 cm³/mol. The summed E-state index contributed by atoms with van der Waals surface area (Å²) in [5, 5.41) is 7.30. The van der Waals surface area contributed by atoms with Crippen LogP contribution in [-0.2, 0) is 23.9 Å². The SMILES string of the molecule is O=C(COc1c(-c2csc(N3CC4CCC(C3)O4)n2)ccc(F)c1F)NCCCCC(=O)N1CCN(c2cc3c(cc2F)C(=O)N(C2CCC(=O)NC2=O)C3=O)CC1. The molecule has 4 fully saturated rings. The number of carbonyl (C=O) groups is 6. The zero-order valence-corrected chi connectivity index (χ0v) is 32.1. The summed E-state index contributed by atoms with van der Waals surface area (Å²) in [5.41, 5.74) is 0.546. The number of halogens is 3. The third-order valence-corrected chi connectivity index (χ3v) is 12.0.